The van der Waals surface area contributed by atoms with Gasteiger partial charge in [-0.2, -0.15) is 0 Å². The van der Waals surface area contributed by atoms with Crippen LogP contribution in [0.2, 0.25) is 5.02 Å². The number of hydrogen-bond donors (Lipinski definition) is 1. The molecule has 0 radical (unpaired) electrons. The van der Waals surface area contributed by atoms with Gasteiger partial charge in [-0.05, 0) is 6.07 Å². The first-order valence-electron chi connectivity index (χ1n) is 4.08. The molecule has 0 bridgehead atoms. The van der Waals surface area contributed by atoms with Crippen molar-refractivity contribution in [1.29, 1.82) is 0 Å². The van der Waals surface area contributed by atoms with Gasteiger partial charge in [-0.3, -0.25) is 0 Å². The van der Waals surface area contributed by atoms with Gasteiger partial charge in [0.2, 0.25) is 0 Å². The highest BCUT2D eigenvalue weighted by Gasteiger charge is 2.13. The quantitative estimate of drug-likeness (QED) is 0.784. The zero-order chi connectivity index (χ0) is 10.3. The molecule has 0 aliphatic carbocycles. The fourth-order valence-electron chi connectivity index (χ4n) is 1.59. The van der Waals surface area contributed by atoms with Crippen molar-refractivity contribution in [3.63, 3.8) is 0 Å². The third-order valence-corrected chi connectivity index (χ3v) is 2.49. The summed E-state index contributed by atoms with van der Waals surface area (Å²) in [7, 11) is 1.78. The molecule has 1 heterocycles. The Bertz CT molecular complexity index is 516. The van der Waals surface area contributed by atoms with E-state index in [2.05, 4.69) is 0 Å². The van der Waals surface area contributed by atoms with Gasteiger partial charge >= 0.3 is 5.97 Å². The maximum atomic E-state index is 10.9. The molecule has 1 aromatic carbocycles. The van der Waals surface area contributed by atoms with Gasteiger partial charge in [0.1, 0.15) is 0 Å². The molecule has 1 aromatic heterocycles. The number of nitrogens with zero attached hydrogens (tertiary/aromatic N) is 1. The Morgan fingerprint density at radius 1 is 1.50 bits per heavy atom. The van der Waals surface area contributed by atoms with E-state index in [1.807, 2.05) is 0 Å². The number of hydrogen-bond acceptors (Lipinski definition) is 1. The number of halogens is 1. The van der Waals surface area contributed by atoms with Crippen LogP contribution in [0.3, 0.4) is 0 Å². The molecule has 0 aliphatic heterocycles. The molecule has 0 amide bonds. The molecule has 14 heavy (non-hydrogen) atoms. The lowest BCUT2D eigenvalue weighted by atomic mass is 10.2. The van der Waals surface area contributed by atoms with Gasteiger partial charge in [0.05, 0.1) is 16.1 Å². The average molecular weight is 210 g/mol. The number of fused-ring (bicyclic) bond motifs is 1. The number of benzene rings is 1. The Morgan fingerprint density at radius 2 is 2.21 bits per heavy atom. The predicted molar refractivity (Wildman–Crippen MR) is 54.9 cm³/mol. The Labute approximate surface area is 85.5 Å². The highest BCUT2D eigenvalue weighted by Crippen LogP contribution is 2.27. The van der Waals surface area contributed by atoms with Crippen LogP contribution in [0.15, 0.2) is 24.4 Å². The van der Waals surface area contributed by atoms with Crippen LogP contribution in [-0.2, 0) is 7.05 Å². The first kappa shape index (κ1) is 9.09. The minimum atomic E-state index is -0.933. The van der Waals surface area contributed by atoms with Crippen molar-refractivity contribution < 1.29 is 9.90 Å². The average Bonchev–Trinajstić information content (AvgIpc) is 2.45. The van der Waals surface area contributed by atoms with E-state index in [4.69, 9.17) is 16.7 Å². The van der Waals surface area contributed by atoms with E-state index in [0.29, 0.717) is 10.4 Å². The van der Waals surface area contributed by atoms with E-state index in [0.717, 1.165) is 5.52 Å². The predicted octanol–water partition coefficient (Wildman–Crippen LogP) is 2.53. The molecule has 0 atom stereocenters. The number of rotatable bonds is 1. The lowest BCUT2D eigenvalue weighted by Gasteiger charge is -1.97. The van der Waals surface area contributed by atoms with Gasteiger partial charge in [0.25, 0.3) is 0 Å². The Kier molecular flexibility index (Phi) is 1.97. The normalized spacial score (nSPS) is 10.7. The first-order chi connectivity index (χ1) is 6.61. The van der Waals surface area contributed by atoms with Crippen molar-refractivity contribution in [1.82, 2.24) is 4.57 Å². The molecule has 0 unspecified atom stereocenters. The topological polar surface area (TPSA) is 42.2 Å². The second kappa shape index (κ2) is 3.03. The Morgan fingerprint density at radius 3 is 2.86 bits per heavy atom. The fraction of sp³-hybridized carbons (Fsp3) is 0.100. The molecular weight excluding hydrogens is 202 g/mol. The van der Waals surface area contributed by atoms with Crippen molar-refractivity contribution in [3.8, 4) is 0 Å². The molecule has 1 N–H and O–H groups in total. The number of carboxylic acid groups (broad SMARTS) is 1. The van der Waals surface area contributed by atoms with Crippen LogP contribution in [0.5, 0.6) is 0 Å². The number of aromatic nitrogens is 1. The first-order valence-corrected chi connectivity index (χ1v) is 4.46. The summed E-state index contributed by atoms with van der Waals surface area (Å²) in [5.41, 5.74) is 1.04. The summed E-state index contributed by atoms with van der Waals surface area (Å²) >= 11 is 5.97. The van der Waals surface area contributed by atoms with E-state index < -0.39 is 5.97 Å². The molecule has 72 valence electrons. The van der Waals surface area contributed by atoms with Crippen molar-refractivity contribution in [2.45, 2.75) is 0 Å². The van der Waals surface area contributed by atoms with Gasteiger partial charge < -0.3 is 9.67 Å². The molecule has 2 aromatic rings. The highest BCUT2D eigenvalue weighted by atomic mass is 35.5. The zero-order valence-electron chi connectivity index (χ0n) is 7.49. The van der Waals surface area contributed by atoms with Crippen LogP contribution in [-0.4, -0.2) is 15.6 Å². The molecule has 0 saturated heterocycles. The second-order valence-electron chi connectivity index (χ2n) is 3.09. The third kappa shape index (κ3) is 1.17. The molecule has 4 heteroatoms. The van der Waals surface area contributed by atoms with E-state index in [1.165, 1.54) is 0 Å². The molecular formula is C10H8ClNO2. The maximum absolute atomic E-state index is 10.9. The van der Waals surface area contributed by atoms with Crippen molar-refractivity contribution in [2.24, 2.45) is 7.05 Å². The fourth-order valence-corrected chi connectivity index (χ4v) is 1.90. The number of carbonyl (C=O) groups is 1. The maximum Gasteiger partial charge on any atom is 0.337 e. The van der Waals surface area contributed by atoms with E-state index in [1.54, 1.807) is 36.0 Å². The van der Waals surface area contributed by atoms with E-state index >= 15 is 0 Å². The minimum Gasteiger partial charge on any atom is -0.478 e. The number of aromatic carboxylic acids is 1. The number of carboxylic acids is 1. The molecule has 3 nitrogen and oxygen atoms in total. The highest BCUT2D eigenvalue weighted by molar-refractivity contribution is 6.35. The van der Waals surface area contributed by atoms with Gasteiger partial charge in [-0.25, -0.2) is 4.79 Å². The standard InChI is InChI=1S/C10H8ClNO2/c1-12-5-7(10(13)14)6-3-2-4-8(11)9(6)12/h2-5H,1H3,(H,13,14). The Hall–Kier alpha value is -1.48. The zero-order valence-corrected chi connectivity index (χ0v) is 8.25. The Balaban J connectivity index is 2.91. The number of para-hydroxylation sites is 1. The van der Waals surface area contributed by atoms with Crippen LogP contribution < -0.4 is 0 Å². The second-order valence-corrected chi connectivity index (χ2v) is 3.50. The molecule has 0 aliphatic rings. The smallest absolute Gasteiger partial charge is 0.337 e. The van der Waals surface area contributed by atoms with Crippen molar-refractivity contribution >= 4 is 28.5 Å². The van der Waals surface area contributed by atoms with Crippen LogP contribution in [0.4, 0.5) is 0 Å². The van der Waals surface area contributed by atoms with Crippen molar-refractivity contribution in [3.05, 3.63) is 35.0 Å². The lowest BCUT2D eigenvalue weighted by Crippen LogP contribution is -1.93. The van der Waals surface area contributed by atoms with Crippen LogP contribution in [0.25, 0.3) is 10.9 Å². The van der Waals surface area contributed by atoms with Crippen LogP contribution in [0.1, 0.15) is 10.4 Å². The third-order valence-electron chi connectivity index (χ3n) is 2.18. The summed E-state index contributed by atoms with van der Waals surface area (Å²) in [6.45, 7) is 0. The summed E-state index contributed by atoms with van der Waals surface area (Å²) < 4.78 is 1.72. The van der Waals surface area contributed by atoms with E-state index in [9.17, 15) is 4.79 Å². The summed E-state index contributed by atoms with van der Waals surface area (Å²) in [6, 6.07) is 5.25. The van der Waals surface area contributed by atoms with Crippen LogP contribution >= 0.6 is 11.6 Å². The lowest BCUT2D eigenvalue weighted by molar-refractivity contribution is 0.0699. The van der Waals surface area contributed by atoms with Crippen LogP contribution in [0, 0.1) is 0 Å². The minimum absolute atomic E-state index is 0.282. The SMILES string of the molecule is Cn1cc(C(=O)O)c2cccc(Cl)c21. The van der Waals surface area contributed by atoms with Gasteiger partial charge in [-0.1, -0.05) is 23.7 Å². The van der Waals surface area contributed by atoms with Gasteiger partial charge in [-0.15, -0.1) is 0 Å². The monoisotopic (exact) mass is 209 g/mol. The van der Waals surface area contributed by atoms with Gasteiger partial charge in [0.15, 0.2) is 0 Å². The molecule has 0 fully saturated rings. The van der Waals surface area contributed by atoms with Gasteiger partial charge in [0, 0.05) is 18.6 Å². The number of aryl methyl sites for hydroxylation is 1. The molecule has 2 rings (SSSR count). The van der Waals surface area contributed by atoms with Crippen molar-refractivity contribution in [2.75, 3.05) is 0 Å². The van der Waals surface area contributed by atoms with E-state index in [-0.39, 0.29) is 5.56 Å². The summed E-state index contributed by atoms with van der Waals surface area (Å²) in [4.78, 5) is 10.9. The largest absolute Gasteiger partial charge is 0.478 e. The summed E-state index contributed by atoms with van der Waals surface area (Å²) in [5, 5.41) is 10.2. The summed E-state index contributed by atoms with van der Waals surface area (Å²) in [5.74, 6) is -0.933. The molecule has 0 spiro atoms. The summed E-state index contributed by atoms with van der Waals surface area (Å²) in [6.07, 6.45) is 1.57. The molecule has 0 saturated carbocycles.